The fourth-order valence-corrected chi connectivity index (χ4v) is 2.77. The third-order valence-corrected chi connectivity index (χ3v) is 4.30. The first-order valence-electron chi connectivity index (χ1n) is 6.97. The Morgan fingerprint density at radius 2 is 1.71 bits per heavy atom. The van der Waals surface area contributed by atoms with E-state index in [1.165, 1.54) is 5.56 Å². The van der Waals surface area contributed by atoms with Crippen LogP contribution in [0.5, 0.6) is 5.75 Å². The van der Waals surface area contributed by atoms with Crippen molar-refractivity contribution >= 4 is 27.5 Å². The van der Waals surface area contributed by atoms with E-state index in [1.807, 2.05) is 18.2 Å². The molecule has 0 aliphatic carbocycles. The van der Waals surface area contributed by atoms with Crippen molar-refractivity contribution in [2.75, 3.05) is 0 Å². The Kier molecular flexibility index (Phi) is 5.34. The van der Waals surface area contributed by atoms with Gasteiger partial charge in [-0.2, -0.15) is 0 Å². The van der Waals surface area contributed by atoms with E-state index >= 15 is 0 Å². The maximum Gasteiger partial charge on any atom is 0.142 e. The van der Waals surface area contributed by atoms with Gasteiger partial charge in [-0.25, -0.2) is 0 Å². The van der Waals surface area contributed by atoms with Gasteiger partial charge in [0.05, 0.1) is 5.02 Å². The highest BCUT2D eigenvalue weighted by molar-refractivity contribution is 9.08. The molecule has 0 N–H and O–H groups in total. The standard InChI is InChI=1S/C18H20BrClO/c1-18(2,3)15-9-7-13(8-10-15)12-21-17-14(11-19)5-4-6-16(17)20/h4-10H,11-12H2,1-3H3. The average molecular weight is 368 g/mol. The van der Waals surface area contributed by atoms with Crippen LogP contribution in [0.2, 0.25) is 5.02 Å². The predicted octanol–water partition coefficient (Wildman–Crippen LogP) is 6.11. The van der Waals surface area contributed by atoms with Crippen LogP contribution in [0.3, 0.4) is 0 Å². The summed E-state index contributed by atoms with van der Waals surface area (Å²) >= 11 is 9.68. The highest BCUT2D eigenvalue weighted by Gasteiger charge is 2.13. The average Bonchev–Trinajstić information content (AvgIpc) is 2.45. The maximum absolute atomic E-state index is 6.21. The summed E-state index contributed by atoms with van der Waals surface area (Å²) in [5.74, 6) is 0.760. The molecule has 0 fully saturated rings. The molecule has 0 aromatic heterocycles. The van der Waals surface area contributed by atoms with Crippen LogP contribution >= 0.6 is 27.5 Å². The van der Waals surface area contributed by atoms with E-state index in [2.05, 4.69) is 61.0 Å². The number of halogens is 2. The number of ether oxygens (including phenoxy) is 1. The lowest BCUT2D eigenvalue weighted by Gasteiger charge is -2.19. The molecule has 0 radical (unpaired) electrons. The molecule has 1 nitrogen and oxygen atoms in total. The minimum Gasteiger partial charge on any atom is -0.487 e. The molecule has 2 rings (SSSR count). The van der Waals surface area contributed by atoms with E-state index in [-0.39, 0.29) is 5.41 Å². The Morgan fingerprint density at radius 1 is 1.05 bits per heavy atom. The van der Waals surface area contributed by atoms with Crippen LogP contribution in [0.25, 0.3) is 0 Å². The quantitative estimate of drug-likeness (QED) is 0.592. The number of para-hydroxylation sites is 1. The number of hydrogen-bond acceptors (Lipinski definition) is 1. The number of benzene rings is 2. The Morgan fingerprint density at radius 3 is 2.29 bits per heavy atom. The minimum absolute atomic E-state index is 0.172. The van der Waals surface area contributed by atoms with Crippen LogP contribution in [-0.4, -0.2) is 0 Å². The van der Waals surface area contributed by atoms with Crippen molar-refractivity contribution in [3.05, 3.63) is 64.2 Å². The molecule has 0 spiro atoms. The van der Waals surface area contributed by atoms with E-state index in [1.54, 1.807) is 0 Å². The summed E-state index contributed by atoms with van der Waals surface area (Å²) in [6.45, 7) is 7.16. The number of alkyl halides is 1. The summed E-state index contributed by atoms with van der Waals surface area (Å²) in [7, 11) is 0. The van der Waals surface area contributed by atoms with Crippen molar-refractivity contribution in [1.29, 1.82) is 0 Å². The first-order chi connectivity index (χ1) is 9.91. The summed E-state index contributed by atoms with van der Waals surface area (Å²) in [5.41, 5.74) is 3.70. The van der Waals surface area contributed by atoms with Crippen LogP contribution in [-0.2, 0) is 17.4 Å². The summed E-state index contributed by atoms with van der Waals surface area (Å²) < 4.78 is 5.91. The molecule has 0 aliphatic heterocycles. The second kappa shape index (κ2) is 6.85. The van der Waals surface area contributed by atoms with Crippen LogP contribution in [0, 0.1) is 0 Å². The zero-order valence-electron chi connectivity index (χ0n) is 12.6. The predicted molar refractivity (Wildman–Crippen MR) is 93.6 cm³/mol. The molecular formula is C18H20BrClO. The Hall–Kier alpha value is -0.990. The van der Waals surface area contributed by atoms with Gasteiger partial charge in [-0.3, -0.25) is 0 Å². The third kappa shape index (κ3) is 4.24. The molecule has 112 valence electrons. The zero-order valence-corrected chi connectivity index (χ0v) is 15.0. The lowest BCUT2D eigenvalue weighted by molar-refractivity contribution is 0.304. The van der Waals surface area contributed by atoms with Gasteiger partial charge < -0.3 is 4.74 Å². The van der Waals surface area contributed by atoms with E-state index < -0.39 is 0 Å². The van der Waals surface area contributed by atoms with Gasteiger partial charge in [0.15, 0.2) is 0 Å². The van der Waals surface area contributed by atoms with Crippen molar-refractivity contribution in [1.82, 2.24) is 0 Å². The number of hydrogen-bond donors (Lipinski definition) is 0. The lowest BCUT2D eigenvalue weighted by atomic mass is 9.87. The van der Waals surface area contributed by atoms with Crippen LogP contribution < -0.4 is 4.74 Å². The molecule has 0 bridgehead atoms. The normalized spacial score (nSPS) is 11.5. The Labute approximate surface area is 140 Å². The second-order valence-electron chi connectivity index (χ2n) is 6.10. The summed E-state index contributed by atoms with van der Waals surface area (Å²) in [4.78, 5) is 0. The van der Waals surface area contributed by atoms with Gasteiger partial charge in [-0.15, -0.1) is 0 Å². The molecule has 0 amide bonds. The van der Waals surface area contributed by atoms with E-state index in [4.69, 9.17) is 16.3 Å². The smallest absolute Gasteiger partial charge is 0.142 e. The van der Waals surface area contributed by atoms with Gasteiger partial charge in [-0.1, -0.05) is 84.7 Å². The van der Waals surface area contributed by atoms with Gasteiger partial charge in [0.25, 0.3) is 0 Å². The maximum atomic E-state index is 6.21. The molecule has 0 saturated heterocycles. The first kappa shape index (κ1) is 16.4. The van der Waals surface area contributed by atoms with Gasteiger partial charge >= 0.3 is 0 Å². The third-order valence-electron chi connectivity index (χ3n) is 3.40. The number of rotatable bonds is 4. The van der Waals surface area contributed by atoms with Crippen LogP contribution in [0.4, 0.5) is 0 Å². The SMILES string of the molecule is CC(C)(C)c1ccc(COc2c(Cl)cccc2CBr)cc1. The molecule has 21 heavy (non-hydrogen) atoms. The summed E-state index contributed by atoms with van der Waals surface area (Å²) in [5, 5.41) is 1.38. The molecule has 0 unspecified atom stereocenters. The van der Waals surface area contributed by atoms with Crippen LogP contribution in [0.1, 0.15) is 37.5 Å². The van der Waals surface area contributed by atoms with Gasteiger partial charge in [0.1, 0.15) is 12.4 Å². The van der Waals surface area contributed by atoms with E-state index in [9.17, 15) is 0 Å². The topological polar surface area (TPSA) is 9.23 Å². The van der Waals surface area contributed by atoms with E-state index in [0.717, 1.165) is 22.2 Å². The molecule has 0 aliphatic rings. The highest BCUT2D eigenvalue weighted by Crippen LogP contribution is 2.31. The van der Waals surface area contributed by atoms with Crippen molar-refractivity contribution in [2.24, 2.45) is 0 Å². The van der Waals surface area contributed by atoms with Gasteiger partial charge in [0, 0.05) is 10.9 Å². The fraction of sp³-hybridized carbons (Fsp3) is 0.333. The summed E-state index contributed by atoms with van der Waals surface area (Å²) in [6, 6.07) is 14.4. The lowest BCUT2D eigenvalue weighted by Crippen LogP contribution is -2.10. The van der Waals surface area contributed by atoms with Crippen molar-refractivity contribution in [2.45, 2.75) is 38.1 Å². The monoisotopic (exact) mass is 366 g/mol. The molecule has 0 heterocycles. The molecule has 2 aromatic carbocycles. The largest absolute Gasteiger partial charge is 0.487 e. The second-order valence-corrected chi connectivity index (χ2v) is 7.07. The minimum atomic E-state index is 0.172. The van der Waals surface area contributed by atoms with Crippen molar-refractivity contribution < 1.29 is 4.74 Å². The first-order valence-corrected chi connectivity index (χ1v) is 8.47. The van der Waals surface area contributed by atoms with Gasteiger partial charge in [0.2, 0.25) is 0 Å². The summed E-state index contributed by atoms with van der Waals surface area (Å²) in [6.07, 6.45) is 0. The molecule has 3 heteroatoms. The van der Waals surface area contributed by atoms with E-state index in [0.29, 0.717) is 11.6 Å². The van der Waals surface area contributed by atoms with Gasteiger partial charge in [-0.05, 0) is 22.6 Å². The van der Waals surface area contributed by atoms with Crippen molar-refractivity contribution in [3.8, 4) is 5.75 Å². The zero-order chi connectivity index (χ0) is 15.5. The molecule has 0 saturated carbocycles. The molecular weight excluding hydrogens is 348 g/mol. The Balaban J connectivity index is 2.10. The fourth-order valence-electron chi connectivity index (χ4n) is 2.08. The van der Waals surface area contributed by atoms with Crippen molar-refractivity contribution in [3.63, 3.8) is 0 Å². The van der Waals surface area contributed by atoms with Crippen LogP contribution in [0.15, 0.2) is 42.5 Å². The molecule has 0 atom stereocenters. The highest BCUT2D eigenvalue weighted by atomic mass is 79.9. The molecule has 2 aromatic rings. The Bertz CT molecular complexity index is 600.